The molecule has 2 aliphatic heterocycles. The molecule has 5 nitrogen and oxygen atoms in total. The summed E-state index contributed by atoms with van der Waals surface area (Å²) in [6.45, 7) is -1.01. The van der Waals surface area contributed by atoms with Gasteiger partial charge in [-0.2, -0.15) is 0 Å². The molecule has 0 aromatic heterocycles. The van der Waals surface area contributed by atoms with E-state index in [4.69, 9.17) is 0 Å². The van der Waals surface area contributed by atoms with Crippen LogP contribution in [0.5, 0.6) is 0 Å². The molecule has 0 N–H and O–H groups in total. The second kappa shape index (κ2) is 8.07. The number of nitrogens with zero attached hydrogens (tertiary/aromatic N) is 2. The van der Waals surface area contributed by atoms with E-state index in [1.54, 1.807) is 24.3 Å². The quantitative estimate of drug-likeness (QED) is 0.776. The van der Waals surface area contributed by atoms with Crippen molar-refractivity contribution in [3.8, 4) is 0 Å². The highest BCUT2D eigenvalue weighted by Gasteiger charge is 2.34. The van der Waals surface area contributed by atoms with Gasteiger partial charge in [0.15, 0.2) is 0 Å². The summed E-state index contributed by atoms with van der Waals surface area (Å²) in [5, 5.41) is 0. The number of alkyl halides is 2. The normalized spacial score (nSPS) is 14.8. The molecule has 2 aromatic rings. The summed E-state index contributed by atoms with van der Waals surface area (Å²) in [4.78, 5) is 36.8. The standard InChI is InChI=1S/C10H8FNO2.C10H10FNO/c11-5-6-12-8-4-2-1-3-7(8)9(13)10(12)14;11-5-6-12-9-4-2-1-3-8(9)7-10(12)13/h1-4H,5-6H2;1-4H,5-7H2. The lowest BCUT2D eigenvalue weighted by Gasteiger charge is -2.14. The molecule has 2 amide bonds. The number of hydrogen-bond donors (Lipinski definition) is 0. The van der Waals surface area contributed by atoms with Crippen molar-refractivity contribution >= 4 is 29.0 Å². The van der Waals surface area contributed by atoms with Crippen LogP contribution in [0, 0.1) is 0 Å². The number of hydrogen-bond acceptors (Lipinski definition) is 3. The van der Waals surface area contributed by atoms with E-state index in [0.29, 0.717) is 17.7 Å². The van der Waals surface area contributed by atoms with Crippen molar-refractivity contribution < 1.29 is 23.2 Å². The number of benzene rings is 2. The van der Waals surface area contributed by atoms with Gasteiger partial charge in [0.25, 0.3) is 11.7 Å². The van der Waals surface area contributed by atoms with Crippen LogP contribution in [0.2, 0.25) is 0 Å². The van der Waals surface area contributed by atoms with Gasteiger partial charge in [-0.05, 0) is 23.8 Å². The fourth-order valence-electron chi connectivity index (χ4n) is 3.20. The molecule has 0 fully saturated rings. The minimum absolute atomic E-state index is 0.00106. The average Bonchev–Trinajstić information content (AvgIpc) is 3.13. The molecule has 4 rings (SSSR count). The summed E-state index contributed by atoms with van der Waals surface area (Å²) in [5.41, 5.74) is 2.75. The van der Waals surface area contributed by atoms with Crippen LogP contribution in [0.25, 0.3) is 0 Å². The van der Waals surface area contributed by atoms with E-state index < -0.39 is 25.0 Å². The lowest BCUT2D eigenvalue weighted by atomic mass is 10.1. The van der Waals surface area contributed by atoms with Crippen LogP contribution in [-0.4, -0.2) is 44.0 Å². The van der Waals surface area contributed by atoms with E-state index in [1.165, 1.54) is 9.80 Å². The zero-order chi connectivity index (χ0) is 19.4. The molecular weight excluding hydrogens is 354 g/mol. The SMILES string of the molecule is O=C1C(=O)N(CCF)c2ccccc21.O=C1Cc2ccccc2N1CCF. The maximum Gasteiger partial charge on any atom is 0.299 e. The van der Waals surface area contributed by atoms with E-state index in [-0.39, 0.29) is 19.0 Å². The third kappa shape index (κ3) is 3.58. The van der Waals surface area contributed by atoms with Crippen LogP contribution in [0.15, 0.2) is 48.5 Å². The van der Waals surface area contributed by atoms with Crippen molar-refractivity contribution in [1.29, 1.82) is 0 Å². The Morgan fingerprint density at radius 2 is 1.37 bits per heavy atom. The number of halogens is 2. The van der Waals surface area contributed by atoms with Gasteiger partial charge in [-0.3, -0.25) is 14.4 Å². The first-order valence-electron chi connectivity index (χ1n) is 8.54. The van der Waals surface area contributed by atoms with Crippen LogP contribution in [0.1, 0.15) is 15.9 Å². The van der Waals surface area contributed by atoms with Gasteiger partial charge < -0.3 is 9.80 Å². The van der Waals surface area contributed by atoms with E-state index >= 15 is 0 Å². The largest absolute Gasteiger partial charge is 0.309 e. The van der Waals surface area contributed by atoms with Gasteiger partial charge in [0.1, 0.15) is 13.3 Å². The number of carbonyl (C=O) groups is 3. The molecule has 0 radical (unpaired) electrons. The molecule has 0 atom stereocenters. The maximum atomic E-state index is 12.1. The summed E-state index contributed by atoms with van der Waals surface area (Å²) in [6, 6.07) is 14.1. The van der Waals surface area contributed by atoms with Crippen molar-refractivity contribution in [3.05, 3.63) is 59.7 Å². The molecule has 2 aromatic carbocycles. The van der Waals surface area contributed by atoms with Crippen molar-refractivity contribution in [2.24, 2.45) is 0 Å². The molecule has 0 saturated heterocycles. The molecule has 0 unspecified atom stereocenters. The van der Waals surface area contributed by atoms with Gasteiger partial charge in [-0.25, -0.2) is 8.78 Å². The lowest BCUT2D eigenvalue weighted by Crippen LogP contribution is -2.31. The van der Waals surface area contributed by atoms with E-state index in [1.807, 2.05) is 24.3 Å². The summed E-state index contributed by atoms with van der Waals surface area (Å²) < 4.78 is 24.3. The van der Waals surface area contributed by atoms with Crippen LogP contribution in [0.3, 0.4) is 0 Å². The summed E-state index contributed by atoms with van der Waals surface area (Å²) in [7, 11) is 0. The first-order chi connectivity index (χ1) is 13.1. The van der Waals surface area contributed by atoms with Crippen LogP contribution in [0.4, 0.5) is 20.2 Å². The molecular formula is C20H18F2N2O3. The highest BCUT2D eigenvalue weighted by molar-refractivity contribution is 6.52. The second-order valence-electron chi connectivity index (χ2n) is 6.03. The minimum atomic E-state index is -0.645. The molecule has 2 heterocycles. The summed E-state index contributed by atoms with van der Waals surface area (Å²) >= 11 is 0. The van der Waals surface area contributed by atoms with E-state index in [0.717, 1.165) is 11.3 Å². The van der Waals surface area contributed by atoms with Crippen LogP contribution >= 0.6 is 0 Å². The average molecular weight is 372 g/mol. The number of Topliss-reactive ketones (excluding diaryl/α,β-unsaturated/α-hetero) is 1. The highest BCUT2D eigenvalue weighted by atomic mass is 19.1. The predicted octanol–water partition coefficient (Wildman–Crippen LogP) is 2.73. The molecule has 140 valence electrons. The molecule has 7 heteroatoms. The Morgan fingerprint density at radius 3 is 2.07 bits per heavy atom. The molecule has 2 aliphatic rings. The summed E-state index contributed by atoms with van der Waals surface area (Å²) in [5.74, 6) is -1.18. The lowest BCUT2D eigenvalue weighted by molar-refractivity contribution is -0.117. The minimum Gasteiger partial charge on any atom is -0.309 e. The van der Waals surface area contributed by atoms with Crippen molar-refractivity contribution in [2.75, 3.05) is 36.2 Å². The molecule has 0 spiro atoms. The van der Waals surface area contributed by atoms with Gasteiger partial charge in [-0.15, -0.1) is 0 Å². The maximum absolute atomic E-state index is 12.1. The van der Waals surface area contributed by atoms with Gasteiger partial charge >= 0.3 is 0 Å². The second-order valence-corrected chi connectivity index (χ2v) is 6.03. The van der Waals surface area contributed by atoms with Gasteiger partial charge in [-0.1, -0.05) is 30.3 Å². The number of rotatable bonds is 4. The smallest absolute Gasteiger partial charge is 0.299 e. The number of ketones is 1. The van der Waals surface area contributed by atoms with Crippen LogP contribution in [-0.2, 0) is 16.0 Å². The number of anilines is 2. The van der Waals surface area contributed by atoms with Crippen molar-refractivity contribution in [3.63, 3.8) is 0 Å². The first kappa shape index (κ1) is 18.7. The van der Waals surface area contributed by atoms with Gasteiger partial charge in [0.05, 0.1) is 30.8 Å². The van der Waals surface area contributed by atoms with Gasteiger partial charge in [0.2, 0.25) is 5.91 Å². The number of fused-ring (bicyclic) bond motifs is 2. The zero-order valence-electron chi connectivity index (χ0n) is 14.5. The van der Waals surface area contributed by atoms with Crippen molar-refractivity contribution in [2.45, 2.75) is 6.42 Å². The molecule has 0 saturated carbocycles. The predicted molar refractivity (Wildman–Crippen MR) is 97.6 cm³/mol. The third-order valence-electron chi connectivity index (χ3n) is 4.42. The molecule has 27 heavy (non-hydrogen) atoms. The third-order valence-corrected chi connectivity index (χ3v) is 4.42. The zero-order valence-corrected chi connectivity index (χ0v) is 14.5. The fraction of sp³-hybridized carbons (Fsp3) is 0.250. The number of carbonyl (C=O) groups excluding carboxylic acids is 3. The van der Waals surface area contributed by atoms with E-state index in [9.17, 15) is 23.2 Å². The fourth-order valence-corrected chi connectivity index (χ4v) is 3.20. The Balaban J connectivity index is 0.000000156. The van der Waals surface area contributed by atoms with Gasteiger partial charge in [0, 0.05) is 5.69 Å². The molecule has 0 aliphatic carbocycles. The topological polar surface area (TPSA) is 57.7 Å². The Hall–Kier alpha value is -3.09. The summed E-state index contributed by atoms with van der Waals surface area (Å²) in [6.07, 6.45) is 0.413. The number of para-hydroxylation sites is 2. The van der Waals surface area contributed by atoms with Crippen LogP contribution < -0.4 is 9.80 Å². The Labute approximate surface area is 155 Å². The van der Waals surface area contributed by atoms with E-state index in [2.05, 4.69) is 0 Å². The van der Waals surface area contributed by atoms with Crippen molar-refractivity contribution in [1.82, 2.24) is 0 Å². The Morgan fingerprint density at radius 1 is 0.778 bits per heavy atom. The Bertz CT molecular complexity index is 885. The highest BCUT2D eigenvalue weighted by Crippen LogP contribution is 2.28. The first-order valence-corrected chi connectivity index (χ1v) is 8.54. The Kier molecular flexibility index (Phi) is 5.59. The molecule has 0 bridgehead atoms. The number of amides is 2. The monoisotopic (exact) mass is 372 g/mol.